The lowest BCUT2D eigenvalue weighted by molar-refractivity contribution is 0.00392. The van der Waals surface area contributed by atoms with Crippen LogP contribution in [0.15, 0.2) is 18.2 Å². The smallest absolute Gasteiger partial charge is 0.159 e. The third kappa shape index (κ3) is 3.23. The van der Waals surface area contributed by atoms with E-state index in [0.29, 0.717) is 5.56 Å². The largest absolute Gasteiger partial charge is 0.372 e. The van der Waals surface area contributed by atoms with Crippen LogP contribution in [0.5, 0.6) is 0 Å². The van der Waals surface area contributed by atoms with Crippen LogP contribution in [-0.2, 0) is 11.3 Å². The Labute approximate surface area is 99.8 Å². The van der Waals surface area contributed by atoms with Crippen molar-refractivity contribution in [3.63, 3.8) is 0 Å². The quantitative estimate of drug-likeness (QED) is 0.883. The van der Waals surface area contributed by atoms with Gasteiger partial charge >= 0.3 is 0 Å². The number of halogens is 2. The predicted octanol–water partition coefficient (Wildman–Crippen LogP) is 2.75. The molecule has 2 atom stereocenters. The van der Waals surface area contributed by atoms with Crippen LogP contribution in [0.1, 0.15) is 31.2 Å². The number of rotatable bonds is 3. The summed E-state index contributed by atoms with van der Waals surface area (Å²) in [5.74, 6) is -1.66. The summed E-state index contributed by atoms with van der Waals surface area (Å²) in [5.41, 5.74) is 6.58. The van der Waals surface area contributed by atoms with Crippen molar-refractivity contribution < 1.29 is 13.5 Å². The summed E-state index contributed by atoms with van der Waals surface area (Å²) in [6.45, 7) is 0.287. The molecule has 17 heavy (non-hydrogen) atoms. The molecule has 0 heterocycles. The Hall–Kier alpha value is -1.00. The van der Waals surface area contributed by atoms with Crippen LogP contribution in [0.4, 0.5) is 8.78 Å². The zero-order chi connectivity index (χ0) is 12.3. The van der Waals surface area contributed by atoms with Gasteiger partial charge in [0.2, 0.25) is 0 Å². The maximum atomic E-state index is 13.0. The molecule has 1 aliphatic carbocycles. The van der Waals surface area contributed by atoms with Crippen molar-refractivity contribution in [2.45, 2.75) is 44.4 Å². The molecule has 0 aromatic heterocycles. The highest BCUT2D eigenvalue weighted by atomic mass is 19.2. The molecule has 0 saturated heterocycles. The summed E-state index contributed by atoms with van der Waals surface area (Å²) in [7, 11) is 0. The normalized spacial score (nSPS) is 24.9. The van der Waals surface area contributed by atoms with E-state index in [-0.39, 0.29) is 18.8 Å². The Morgan fingerprint density at radius 2 is 1.94 bits per heavy atom. The minimum atomic E-state index is -0.834. The lowest BCUT2D eigenvalue weighted by Crippen LogP contribution is -2.39. The molecule has 1 saturated carbocycles. The summed E-state index contributed by atoms with van der Waals surface area (Å²) < 4.78 is 31.3. The van der Waals surface area contributed by atoms with Crippen LogP contribution in [0.2, 0.25) is 0 Å². The van der Waals surface area contributed by atoms with Gasteiger partial charge in [-0.2, -0.15) is 0 Å². The molecule has 0 radical (unpaired) electrons. The molecular weight excluding hydrogens is 224 g/mol. The lowest BCUT2D eigenvalue weighted by atomic mass is 9.93. The van der Waals surface area contributed by atoms with Crippen molar-refractivity contribution in [1.82, 2.24) is 0 Å². The Morgan fingerprint density at radius 1 is 1.18 bits per heavy atom. The summed E-state index contributed by atoms with van der Waals surface area (Å²) in [4.78, 5) is 0. The van der Waals surface area contributed by atoms with E-state index in [2.05, 4.69) is 0 Å². The first kappa shape index (κ1) is 12.5. The van der Waals surface area contributed by atoms with Gasteiger partial charge < -0.3 is 10.5 Å². The van der Waals surface area contributed by atoms with E-state index in [9.17, 15) is 8.78 Å². The van der Waals surface area contributed by atoms with Crippen molar-refractivity contribution in [2.75, 3.05) is 0 Å². The van der Waals surface area contributed by atoms with Gasteiger partial charge in [-0.3, -0.25) is 0 Å². The lowest BCUT2D eigenvalue weighted by Gasteiger charge is -2.28. The second-order valence-electron chi connectivity index (χ2n) is 4.55. The van der Waals surface area contributed by atoms with Crippen molar-refractivity contribution in [2.24, 2.45) is 5.73 Å². The average molecular weight is 241 g/mol. The second-order valence-corrected chi connectivity index (χ2v) is 4.55. The van der Waals surface area contributed by atoms with Crippen molar-refractivity contribution in [1.29, 1.82) is 0 Å². The van der Waals surface area contributed by atoms with E-state index in [0.717, 1.165) is 31.7 Å². The Balaban J connectivity index is 1.90. The van der Waals surface area contributed by atoms with E-state index in [1.165, 1.54) is 12.1 Å². The van der Waals surface area contributed by atoms with Gasteiger partial charge in [-0.25, -0.2) is 8.78 Å². The zero-order valence-corrected chi connectivity index (χ0v) is 9.66. The Kier molecular flexibility index (Phi) is 4.07. The first-order chi connectivity index (χ1) is 8.16. The van der Waals surface area contributed by atoms with Gasteiger partial charge in [-0.15, -0.1) is 0 Å². The SMILES string of the molecule is NC1CCCCC1OCc1ccc(F)c(F)c1. The van der Waals surface area contributed by atoms with Gasteiger partial charge in [-0.05, 0) is 30.5 Å². The summed E-state index contributed by atoms with van der Waals surface area (Å²) in [6, 6.07) is 3.89. The van der Waals surface area contributed by atoms with E-state index >= 15 is 0 Å². The number of hydrogen-bond acceptors (Lipinski definition) is 2. The van der Waals surface area contributed by atoms with Crippen LogP contribution < -0.4 is 5.73 Å². The molecule has 1 aromatic rings. The Morgan fingerprint density at radius 3 is 2.65 bits per heavy atom. The van der Waals surface area contributed by atoms with E-state index in [1.54, 1.807) is 0 Å². The second kappa shape index (κ2) is 5.56. The highest BCUT2D eigenvalue weighted by Gasteiger charge is 2.22. The molecule has 1 fully saturated rings. The van der Waals surface area contributed by atoms with Crippen LogP contribution in [0, 0.1) is 11.6 Å². The molecule has 4 heteroatoms. The fraction of sp³-hybridized carbons (Fsp3) is 0.538. The van der Waals surface area contributed by atoms with Crippen molar-refractivity contribution in [3.8, 4) is 0 Å². The molecule has 1 aliphatic rings. The van der Waals surface area contributed by atoms with Gasteiger partial charge in [0.1, 0.15) is 0 Å². The van der Waals surface area contributed by atoms with Crippen LogP contribution >= 0.6 is 0 Å². The number of benzene rings is 1. The molecule has 94 valence electrons. The first-order valence-corrected chi connectivity index (χ1v) is 5.98. The third-order valence-corrected chi connectivity index (χ3v) is 3.20. The molecule has 2 rings (SSSR count). The topological polar surface area (TPSA) is 35.2 Å². The summed E-state index contributed by atoms with van der Waals surface area (Å²) in [5, 5.41) is 0. The van der Waals surface area contributed by atoms with Crippen molar-refractivity contribution in [3.05, 3.63) is 35.4 Å². The zero-order valence-electron chi connectivity index (χ0n) is 9.66. The van der Waals surface area contributed by atoms with Gasteiger partial charge in [-0.1, -0.05) is 18.9 Å². The van der Waals surface area contributed by atoms with E-state index in [1.807, 2.05) is 0 Å². The highest BCUT2D eigenvalue weighted by Crippen LogP contribution is 2.21. The molecule has 0 bridgehead atoms. The molecule has 0 spiro atoms. The van der Waals surface area contributed by atoms with Crippen LogP contribution in [-0.4, -0.2) is 12.1 Å². The molecular formula is C13H17F2NO. The predicted molar refractivity (Wildman–Crippen MR) is 61.4 cm³/mol. The molecule has 0 aliphatic heterocycles. The van der Waals surface area contributed by atoms with Gasteiger partial charge in [0, 0.05) is 6.04 Å². The van der Waals surface area contributed by atoms with Gasteiger partial charge in [0.25, 0.3) is 0 Å². The minimum absolute atomic E-state index is 0.0388. The average Bonchev–Trinajstić information content (AvgIpc) is 2.32. The minimum Gasteiger partial charge on any atom is -0.372 e. The van der Waals surface area contributed by atoms with Crippen LogP contribution in [0.3, 0.4) is 0 Å². The molecule has 0 amide bonds. The van der Waals surface area contributed by atoms with Crippen molar-refractivity contribution >= 4 is 0 Å². The standard InChI is InChI=1S/C13H17F2NO/c14-10-6-5-9(7-11(10)15)8-17-13-4-2-1-3-12(13)16/h5-7,12-13H,1-4,8,16H2. The van der Waals surface area contributed by atoms with Gasteiger partial charge in [0.05, 0.1) is 12.7 Å². The number of ether oxygens (including phenoxy) is 1. The van der Waals surface area contributed by atoms with Crippen LogP contribution in [0.25, 0.3) is 0 Å². The monoisotopic (exact) mass is 241 g/mol. The molecule has 2 nitrogen and oxygen atoms in total. The number of hydrogen-bond donors (Lipinski definition) is 1. The molecule has 2 N–H and O–H groups in total. The highest BCUT2D eigenvalue weighted by molar-refractivity contribution is 5.16. The van der Waals surface area contributed by atoms with E-state index < -0.39 is 11.6 Å². The summed E-state index contributed by atoms with van der Waals surface area (Å²) in [6.07, 6.45) is 4.23. The third-order valence-electron chi connectivity index (χ3n) is 3.20. The van der Waals surface area contributed by atoms with Gasteiger partial charge in [0.15, 0.2) is 11.6 Å². The maximum Gasteiger partial charge on any atom is 0.159 e. The first-order valence-electron chi connectivity index (χ1n) is 5.98. The fourth-order valence-electron chi connectivity index (χ4n) is 2.17. The molecule has 2 unspecified atom stereocenters. The van der Waals surface area contributed by atoms with E-state index in [4.69, 9.17) is 10.5 Å². The fourth-order valence-corrected chi connectivity index (χ4v) is 2.17. The maximum absolute atomic E-state index is 13.0. The Bertz CT molecular complexity index is 384. The molecule has 1 aromatic carbocycles. The summed E-state index contributed by atoms with van der Waals surface area (Å²) >= 11 is 0. The number of nitrogens with two attached hydrogens (primary N) is 1.